The van der Waals surface area contributed by atoms with Crippen molar-refractivity contribution < 1.29 is 17.9 Å². The lowest BCUT2D eigenvalue weighted by molar-refractivity contribution is 0.0971. The Balaban J connectivity index is 1.66. The number of imidazole rings is 1. The lowest BCUT2D eigenvalue weighted by Gasteiger charge is -2.32. The van der Waals surface area contributed by atoms with Crippen LogP contribution in [0.5, 0.6) is 5.75 Å². The number of nitrogens with one attached hydrogen (secondary N) is 1. The van der Waals surface area contributed by atoms with E-state index in [1.165, 1.54) is 12.3 Å². The molecule has 2 aromatic carbocycles. The molecule has 0 unspecified atom stereocenters. The number of carbonyl (C=O) groups is 1. The highest BCUT2D eigenvalue weighted by molar-refractivity contribution is 7.90. The van der Waals surface area contributed by atoms with E-state index < -0.39 is 15.4 Å². The fourth-order valence-corrected chi connectivity index (χ4v) is 5.93. The zero-order valence-corrected chi connectivity index (χ0v) is 20.1. The average molecular weight is 488 g/mol. The van der Waals surface area contributed by atoms with Crippen molar-refractivity contribution in [3.05, 3.63) is 107 Å². The Hall–Kier alpha value is -3.78. The van der Waals surface area contributed by atoms with Gasteiger partial charge in [-0.25, -0.2) is 18.4 Å². The molecule has 5 rings (SSSR count). The number of Topliss-reactive ketones (excluding diaryl/α,β-unsaturated/α-hetero) is 1. The van der Waals surface area contributed by atoms with Crippen molar-refractivity contribution in [3.8, 4) is 5.75 Å². The highest BCUT2D eigenvalue weighted by atomic mass is 32.2. The summed E-state index contributed by atoms with van der Waals surface area (Å²) < 4.78 is 33.4. The summed E-state index contributed by atoms with van der Waals surface area (Å²) in [6.45, 7) is 1.89. The van der Waals surface area contributed by atoms with E-state index >= 15 is 0 Å². The summed E-state index contributed by atoms with van der Waals surface area (Å²) >= 11 is 0. The van der Waals surface area contributed by atoms with Gasteiger partial charge in [-0.05, 0) is 49.6 Å². The largest absolute Gasteiger partial charge is 0.475 e. The van der Waals surface area contributed by atoms with E-state index in [2.05, 4.69) is 15.0 Å². The van der Waals surface area contributed by atoms with Gasteiger partial charge in [-0.3, -0.25) is 4.79 Å². The summed E-state index contributed by atoms with van der Waals surface area (Å²) in [7, 11) is -3.79. The van der Waals surface area contributed by atoms with Gasteiger partial charge in [-0.1, -0.05) is 36.4 Å². The Morgan fingerprint density at radius 2 is 1.77 bits per heavy atom. The minimum Gasteiger partial charge on any atom is -0.475 e. The Bertz CT molecular complexity index is 1450. The number of nitrogens with zero attached hydrogens (tertiary/aromatic N) is 2. The molecule has 0 saturated heterocycles. The van der Waals surface area contributed by atoms with Crippen LogP contribution in [0, 0.1) is 0 Å². The number of hydrogen-bond acceptors (Lipinski definition) is 6. The molecule has 35 heavy (non-hydrogen) atoms. The summed E-state index contributed by atoms with van der Waals surface area (Å²) in [6, 6.07) is 17.9. The molecule has 8 heteroatoms. The second-order valence-electron chi connectivity index (χ2n) is 8.71. The molecule has 0 fully saturated rings. The number of benzene rings is 2. The zero-order chi connectivity index (χ0) is 24.5. The van der Waals surface area contributed by atoms with E-state index in [0.29, 0.717) is 42.0 Å². The predicted molar refractivity (Wildman–Crippen MR) is 131 cm³/mol. The Labute approximate surface area is 204 Å². The number of aromatic amines is 1. The Morgan fingerprint density at radius 3 is 2.49 bits per heavy atom. The number of pyridine rings is 1. The summed E-state index contributed by atoms with van der Waals surface area (Å²) in [5.41, 5.74) is 1.61. The normalized spacial score (nSPS) is 15.3. The molecule has 0 bridgehead atoms. The van der Waals surface area contributed by atoms with Crippen LogP contribution in [0.15, 0.2) is 84.3 Å². The minimum absolute atomic E-state index is 0.0115. The molecule has 1 atom stereocenters. The quantitative estimate of drug-likeness (QED) is 0.407. The second-order valence-corrected chi connectivity index (χ2v) is 10.6. The highest BCUT2D eigenvalue weighted by Gasteiger charge is 2.36. The van der Waals surface area contributed by atoms with Crippen LogP contribution in [0.1, 0.15) is 52.6 Å². The van der Waals surface area contributed by atoms with Crippen LogP contribution < -0.4 is 4.74 Å². The molecule has 4 aromatic rings. The molecule has 1 N–H and O–H groups in total. The van der Waals surface area contributed by atoms with Gasteiger partial charge in [0, 0.05) is 41.7 Å². The monoisotopic (exact) mass is 487 g/mol. The average Bonchev–Trinajstić information content (AvgIpc) is 3.43. The van der Waals surface area contributed by atoms with Crippen molar-refractivity contribution >= 4 is 15.6 Å². The topological polar surface area (TPSA) is 102 Å². The van der Waals surface area contributed by atoms with E-state index in [-0.39, 0.29) is 16.6 Å². The predicted octanol–water partition coefficient (Wildman–Crippen LogP) is 4.64. The van der Waals surface area contributed by atoms with E-state index in [1.54, 1.807) is 36.7 Å². The number of ketones is 1. The highest BCUT2D eigenvalue weighted by Crippen LogP contribution is 2.39. The van der Waals surface area contributed by atoms with Crippen molar-refractivity contribution in [1.82, 2.24) is 15.0 Å². The lowest BCUT2D eigenvalue weighted by atomic mass is 9.87. The van der Waals surface area contributed by atoms with Gasteiger partial charge in [0.1, 0.15) is 5.75 Å². The first-order valence-corrected chi connectivity index (χ1v) is 13.1. The first kappa shape index (κ1) is 23.0. The molecule has 0 saturated carbocycles. The summed E-state index contributed by atoms with van der Waals surface area (Å²) in [4.78, 5) is 24.3. The van der Waals surface area contributed by atoms with Crippen LogP contribution in [0.4, 0.5) is 0 Å². The van der Waals surface area contributed by atoms with Gasteiger partial charge in [0.2, 0.25) is 0 Å². The first-order chi connectivity index (χ1) is 16.9. The van der Waals surface area contributed by atoms with E-state index in [9.17, 15) is 13.2 Å². The number of H-pyrrole nitrogens is 1. The molecule has 2 heterocycles. The van der Waals surface area contributed by atoms with Crippen LogP contribution in [-0.2, 0) is 27.6 Å². The fraction of sp³-hybridized carbons (Fsp3) is 0.222. The van der Waals surface area contributed by atoms with E-state index in [4.69, 9.17) is 4.74 Å². The summed E-state index contributed by atoms with van der Waals surface area (Å²) in [5.74, 6) is 0.682. The number of rotatable bonds is 7. The van der Waals surface area contributed by atoms with Crippen LogP contribution >= 0.6 is 0 Å². The number of sulfone groups is 1. The van der Waals surface area contributed by atoms with Gasteiger partial charge in [0.15, 0.2) is 32.1 Å². The zero-order valence-electron chi connectivity index (χ0n) is 19.3. The fourth-order valence-electron chi connectivity index (χ4n) is 4.57. The van der Waals surface area contributed by atoms with Crippen molar-refractivity contribution in [1.29, 1.82) is 0 Å². The summed E-state index contributed by atoms with van der Waals surface area (Å²) in [5, 5.41) is -0.0115. The maximum absolute atomic E-state index is 13.4. The molecule has 0 radical (unpaired) electrons. The smallest absolute Gasteiger partial charge is 0.199 e. The third kappa shape index (κ3) is 4.37. The molecule has 1 aliphatic rings. The van der Waals surface area contributed by atoms with Gasteiger partial charge >= 0.3 is 0 Å². The maximum Gasteiger partial charge on any atom is 0.199 e. The van der Waals surface area contributed by atoms with Gasteiger partial charge < -0.3 is 9.72 Å². The molecule has 7 nitrogen and oxygen atoms in total. The van der Waals surface area contributed by atoms with Crippen LogP contribution in [-0.4, -0.2) is 29.2 Å². The lowest BCUT2D eigenvalue weighted by Crippen LogP contribution is -2.33. The van der Waals surface area contributed by atoms with Crippen molar-refractivity contribution in [2.75, 3.05) is 0 Å². The Kier molecular flexibility index (Phi) is 5.98. The molecule has 0 aliphatic heterocycles. The van der Waals surface area contributed by atoms with Crippen LogP contribution in [0.2, 0.25) is 0 Å². The van der Waals surface area contributed by atoms with Gasteiger partial charge in [0.25, 0.3) is 0 Å². The number of hydrogen-bond donors (Lipinski definition) is 1. The molecular formula is C27H25N3O4S. The van der Waals surface area contributed by atoms with Gasteiger partial charge in [-0.15, -0.1) is 0 Å². The first-order valence-electron chi connectivity index (χ1n) is 11.4. The third-order valence-corrected chi connectivity index (χ3v) is 7.95. The number of carbonyl (C=O) groups excluding carboxylic acids is 1. The molecule has 178 valence electrons. The minimum atomic E-state index is -3.79. The van der Waals surface area contributed by atoms with E-state index in [1.807, 2.05) is 37.3 Å². The van der Waals surface area contributed by atoms with Gasteiger partial charge in [0.05, 0.1) is 5.75 Å². The molecule has 0 spiro atoms. The molecule has 1 aliphatic carbocycles. The molecular weight excluding hydrogens is 462 g/mol. The van der Waals surface area contributed by atoms with Crippen molar-refractivity contribution in [2.24, 2.45) is 0 Å². The molecule has 2 aromatic heterocycles. The van der Waals surface area contributed by atoms with Crippen LogP contribution in [0.3, 0.4) is 0 Å². The van der Waals surface area contributed by atoms with Crippen molar-refractivity contribution in [3.63, 3.8) is 0 Å². The van der Waals surface area contributed by atoms with Crippen molar-refractivity contribution in [2.45, 2.75) is 42.6 Å². The Morgan fingerprint density at radius 1 is 0.971 bits per heavy atom. The number of ether oxygens (including phenoxy) is 1. The third-order valence-electron chi connectivity index (χ3n) is 6.40. The van der Waals surface area contributed by atoms with Gasteiger partial charge in [-0.2, -0.15) is 0 Å². The maximum atomic E-state index is 13.4. The molecule has 0 amide bonds. The second kappa shape index (κ2) is 9.11. The number of aromatic nitrogens is 3. The summed E-state index contributed by atoms with van der Waals surface area (Å²) in [6.07, 6.45) is 6.55. The van der Waals surface area contributed by atoms with Crippen LogP contribution in [0.25, 0.3) is 0 Å². The van der Waals surface area contributed by atoms with E-state index in [0.717, 1.165) is 11.1 Å². The standard InChI is InChI=1S/C27H25N3O4S/c1-27(26-29-16-17-30-26,19-8-3-2-4-9-19)34-24-14-13-21-20(10-7-11-23(21)31)22(24)18-35(32,33)25-12-5-6-15-28-25/h2-6,8-9,12-17H,7,10-11,18H2,1H3,(H,29,30)/t27-/m0/s1. The SMILES string of the molecule is C[C@](Oc1ccc2c(c1CS(=O)(=O)c1ccccn1)CCCC2=O)(c1ccccc1)c1ncc[nH]1. The number of fused-ring (bicyclic) bond motifs is 1.